The Bertz CT molecular complexity index is 211. The average Bonchev–Trinajstić information content (AvgIpc) is 2.27. The molecule has 0 bridgehead atoms. The van der Waals surface area contributed by atoms with Crippen molar-refractivity contribution in [2.45, 2.75) is 44.0 Å². The van der Waals surface area contributed by atoms with E-state index in [0.717, 1.165) is 19.3 Å². The number of ether oxygens (including phenoxy) is 2. The summed E-state index contributed by atoms with van der Waals surface area (Å²) in [6.45, 7) is -0.984. The zero-order valence-corrected chi connectivity index (χ0v) is 10.1. The number of rotatable bonds is 6. The fourth-order valence-corrected chi connectivity index (χ4v) is 2.07. The number of likely N-dealkylation sites (N-methyl/N-ethyl adjacent to an activating group) is 1. The minimum atomic E-state index is -4.25. The van der Waals surface area contributed by atoms with E-state index in [1.54, 1.807) is 0 Å². The van der Waals surface area contributed by atoms with E-state index in [1.165, 1.54) is 6.42 Å². The maximum absolute atomic E-state index is 11.8. The lowest BCUT2D eigenvalue weighted by molar-refractivity contribution is -0.178. The van der Waals surface area contributed by atoms with Crippen LogP contribution < -0.4 is 5.32 Å². The predicted octanol–water partition coefficient (Wildman–Crippen LogP) is 2.11. The Morgan fingerprint density at radius 2 is 1.88 bits per heavy atom. The molecule has 0 aliphatic heterocycles. The molecule has 0 heterocycles. The Morgan fingerprint density at radius 3 is 2.53 bits per heavy atom. The fourth-order valence-electron chi connectivity index (χ4n) is 2.07. The molecule has 0 spiro atoms. The van der Waals surface area contributed by atoms with Gasteiger partial charge in [-0.3, -0.25) is 0 Å². The van der Waals surface area contributed by atoms with Crippen LogP contribution in [0.2, 0.25) is 0 Å². The normalized spacial score (nSPS) is 26.1. The molecular weight excluding hydrogens is 235 g/mol. The van der Waals surface area contributed by atoms with Gasteiger partial charge in [0.25, 0.3) is 0 Å². The predicted molar refractivity (Wildman–Crippen MR) is 57.9 cm³/mol. The van der Waals surface area contributed by atoms with E-state index in [-0.39, 0.29) is 19.3 Å². The first-order chi connectivity index (χ1) is 8.03. The molecule has 0 saturated heterocycles. The maximum atomic E-state index is 11.8. The second kappa shape index (κ2) is 7.18. The minimum absolute atomic E-state index is 0.00750. The first kappa shape index (κ1) is 14.7. The summed E-state index contributed by atoms with van der Waals surface area (Å²) in [7, 11) is 1.88. The van der Waals surface area contributed by atoms with Crippen LogP contribution in [-0.4, -0.2) is 45.2 Å². The molecule has 17 heavy (non-hydrogen) atoms. The lowest BCUT2D eigenvalue weighted by Crippen LogP contribution is -2.42. The summed E-state index contributed by atoms with van der Waals surface area (Å²) in [5.74, 6) is 0. The van der Waals surface area contributed by atoms with Crippen molar-refractivity contribution in [1.29, 1.82) is 0 Å². The second-order valence-electron chi connectivity index (χ2n) is 4.26. The molecule has 102 valence electrons. The van der Waals surface area contributed by atoms with Gasteiger partial charge in [0.1, 0.15) is 6.61 Å². The molecule has 1 aliphatic carbocycles. The highest BCUT2D eigenvalue weighted by molar-refractivity contribution is 4.80. The molecule has 1 aliphatic rings. The third-order valence-corrected chi connectivity index (χ3v) is 2.90. The van der Waals surface area contributed by atoms with E-state index in [9.17, 15) is 13.2 Å². The average molecular weight is 255 g/mol. The van der Waals surface area contributed by atoms with Crippen molar-refractivity contribution < 1.29 is 22.6 Å². The second-order valence-corrected chi connectivity index (χ2v) is 4.26. The Labute approximate surface area is 99.7 Å². The van der Waals surface area contributed by atoms with E-state index in [0.29, 0.717) is 6.04 Å². The molecule has 0 radical (unpaired) electrons. The smallest absolute Gasteiger partial charge is 0.374 e. The van der Waals surface area contributed by atoms with E-state index < -0.39 is 12.8 Å². The van der Waals surface area contributed by atoms with Crippen LogP contribution in [0.5, 0.6) is 0 Å². The third kappa shape index (κ3) is 6.24. The van der Waals surface area contributed by atoms with Gasteiger partial charge in [-0.25, -0.2) is 0 Å². The summed E-state index contributed by atoms with van der Waals surface area (Å²) >= 11 is 0. The van der Waals surface area contributed by atoms with Crippen molar-refractivity contribution >= 4 is 0 Å². The van der Waals surface area contributed by atoms with Crippen LogP contribution in [0, 0.1) is 0 Å². The van der Waals surface area contributed by atoms with Crippen LogP contribution in [0.15, 0.2) is 0 Å². The monoisotopic (exact) mass is 255 g/mol. The Morgan fingerprint density at radius 1 is 1.18 bits per heavy atom. The van der Waals surface area contributed by atoms with Gasteiger partial charge in [0.05, 0.1) is 19.3 Å². The molecule has 1 fully saturated rings. The van der Waals surface area contributed by atoms with Crippen LogP contribution >= 0.6 is 0 Å². The lowest BCUT2D eigenvalue weighted by atomic mass is 9.92. The molecule has 0 aromatic carbocycles. The number of alkyl halides is 3. The van der Waals surface area contributed by atoms with Crippen molar-refractivity contribution in [3.05, 3.63) is 0 Å². The third-order valence-electron chi connectivity index (χ3n) is 2.90. The van der Waals surface area contributed by atoms with Crippen LogP contribution in [0.25, 0.3) is 0 Å². The first-order valence-corrected chi connectivity index (χ1v) is 5.96. The Balaban J connectivity index is 2.08. The van der Waals surface area contributed by atoms with Crippen molar-refractivity contribution in [3.63, 3.8) is 0 Å². The number of hydrogen-bond donors (Lipinski definition) is 1. The molecule has 0 aromatic rings. The topological polar surface area (TPSA) is 30.5 Å². The Kier molecular flexibility index (Phi) is 6.22. The van der Waals surface area contributed by atoms with Crippen LogP contribution in [0.3, 0.4) is 0 Å². The van der Waals surface area contributed by atoms with Gasteiger partial charge in [0, 0.05) is 6.04 Å². The zero-order chi connectivity index (χ0) is 12.7. The van der Waals surface area contributed by atoms with Crippen LogP contribution in [0.1, 0.15) is 25.7 Å². The number of nitrogens with one attached hydrogen (secondary N) is 1. The highest BCUT2D eigenvalue weighted by atomic mass is 19.4. The van der Waals surface area contributed by atoms with Crippen molar-refractivity contribution in [2.24, 2.45) is 0 Å². The van der Waals surface area contributed by atoms with E-state index in [4.69, 9.17) is 4.74 Å². The molecule has 2 atom stereocenters. The van der Waals surface area contributed by atoms with Crippen molar-refractivity contribution in [3.8, 4) is 0 Å². The summed E-state index contributed by atoms with van der Waals surface area (Å²) in [6.07, 6.45) is 0.166. The van der Waals surface area contributed by atoms with Gasteiger partial charge in [0.2, 0.25) is 0 Å². The van der Waals surface area contributed by atoms with Crippen molar-refractivity contribution in [1.82, 2.24) is 5.32 Å². The molecule has 1 rings (SSSR count). The first-order valence-electron chi connectivity index (χ1n) is 5.96. The largest absolute Gasteiger partial charge is 0.411 e. The Hall–Kier alpha value is -0.330. The molecule has 6 heteroatoms. The van der Waals surface area contributed by atoms with Gasteiger partial charge >= 0.3 is 6.18 Å². The lowest BCUT2D eigenvalue weighted by Gasteiger charge is -2.31. The molecule has 3 nitrogen and oxygen atoms in total. The zero-order valence-electron chi connectivity index (χ0n) is 10.1. The quantitative estimate of drug-likeness (QED) is 0.737. The van der Waals surface area contributed by atoms with Crippen molar-refractivity contribution in [2.75, 3.05) is 26.9 Å². The summed E-state index contributed by atoms with van der Waals surface area (Å²) in [5.41, 5.74) is 0. The standard InChI is InChI=1S/C11H20F3NO2/c1-15-9-4-2-3-5-10(9)17-7-6-16-8-11(12,13)14/h9-10,15H,2-8H2,1H3. The summed E-state index contributed by atoms with van der Waals surface area (Å²) in [6, 6.07) is 0.311. The fraction of sp³-hybridized carbons (Fsp3) is 1.00. The molecule has 2 unspecified atom stereocenters. The molecular formula is C11H20F3NO2. The van der Waals surface area contributed by atoms with Gasteiger partial charge in [-0.2, -0.15) is 13.2 Å². The van der Waals surface area contributed by atoms with Crippen LogP contribution in [0.4, 0.5) is 13.2 Å². The highest BCUT2D eigenvalue weighted by Gasteiger charge is 2.27. The minimum Gasteiger partial charge on any atom is -0.374 e. The van der Waals surface area contributed by atoms with Crippen LogP contribution in [-0.2, 0) is 9.47 Å². The van der Waals surface area contributed by atoms with Gasteiger partial charge in [0.15, 0.2) is 0 Å². The number of hydrogen-bond acceptors (Lipinski definition) is 3. The van der Waals surface area contributed by atoms with E-state index >= 15 is 0 Å². The maximum Gasteiger partial charge on any atom is 0.411 e. The SMILES string of the molecule is CNC1CCCCC1OCCOCC(F)(F)F. The van der Waals surface area contributed by atoms with Gasteiger partial charge in [-0.05, 0) is 19.9 Å². The van der Waals surface area contributed by atoms with E-state index in [2.05, 4.69) is 10.1 Å². The molecule has 0 amide bonds. The van der Waals surface area contributed by atoms with Gasteiger partial charge < -0.3 is 14.8 Å². The molecule has 0 aromatic heterocycles. The summed E-state index contributed by atoms with van der Waals surface area (Å²) in [4.78, 5) is 0. The molecule has 1 N–H and O–H groups in total. The summed E-state index contributed by atoms with van der Waals surface area (Å²) < 4.78 is 45.4. The van der Waals surface area contributed by atoms with Gasteiger partial charge in [-0.15, -0.1) is 0 Å². The highest BCUT2D eigenvalue weighted by Crippen LogP contribution is 2.21. The van der Waals surface area contributed by atoms with Gasteiger partial charge in [-0.1, -0.05) is 12.8 Å². The molecule has 1 saturated carbocycles. The number of halogens is 3. The summed E-state index contributed by atoms with van der Waals surface area (Å²) in [5, 5.41) is 3.17. The van der Waals surface area contributed by atoms with E-state index in [1.807, 2.05) is 7.05 Å².